The number of nitrogens with zero attached hydrogens (tertiary/aromatic N) is 2. The molecule has 15 heavy (non-hydrogen) atoms. The van der Waals surface area contributed by atoms with Crippen molar-refractivity contribution >= 4 is 11.7 Å². The van der Waals surface area contributed by atoms with Gasteiger partial charge >= 0.3 is 0 Å². The average molecular weight is 206 g/mol. The molecule has 2 rings (SSSR count). The van der Waals surface area contributed by atoms with Crippen LogP contribution in [0.4, 0.5) is 5.82 Å². The first-order chi connectivity index (χ1) is 7.16. The minimum Gasteiger partial charge on any atom is -0.308 e. The van der Waals surface area contributed by atoms with E-state index in [1.54, 1.807) is 6.20 Å². The van der Waals surface area contributed by atoms with E-state index in [4.69, 9.17) is 0 Å². The zero-order valence-electron chi connectivity index (χ0n) is 8.87. The molecule has 0 aliphatic carbocycles. The van der Waals surface area contributed by atoms with Crippen LogP contribution in [0.5, 0.6) is 0 Å². The number of fused-ring (bicyclic) bond motifs is 1. The molecule has 0 spiro atoms. The van der Waals surface area contributed by atoms with Crippen molar-refractivity contribution in [3.05, 3.63) is 17.6 Å². The van der Waals surface area contributed by atoms with E-state index in [1.165, 1.54) is 0 Å². The van der Waals surface area contributed by atoms with E-state index in [-0.39, 0.29) is 5.91 Å². The predicted molar refractivity (Wildman–Crippen MR) is 56.5 cm³/mol. The largest absolute Gasteiger partial charge is 0.308 e. The van der Waals surface area contributed by atoms with E-state index in [0.717, 1.165) is 11.4 Å². The molecule has 0 unspecified atom stereocenters. The van der Waals surface area contributed by atoms with Gasteiger partial charge in [-0.3, -0.25) is 9.78 Å². The fourth-order valence-electron chi connectivity index (χ4n) is 1.42. The van der Waals surface area contributed by atoms with Gasteiger partial charge in [0, 0.05) is 6.54 Å². The summed E-state index contributed by atoms with van der Waals surface area (Å²) in [6.07, 6.45) is 1.72. The first-order valence-corrected chi connectivity index (χ1v) is 5.03. The zero-order chi connectivity index (χ0) is 10.8. The van der Waals surface area contributed by atoms with Crippen LogP contribution in [0.3, 0.4) is 0 Å². The third-order valence-corrected chi connectivity index (χ3v) is 2.29. The highest BCUT2D eigenvalue weighted by Crippen LogP contribution is 2.16. The topological polar surface area (TPSA) is 66.9 Å². The molecule has 5 heteroatoms. The van der Waals surface area contributed by atoms with E-state index < -0.39 is 0 Å². The van der Waals surface area contributed by atoms with Crippen LogP contribution < -0.4 is 10.6 Å². The van der Waals surface area contributed by atoms with Gasteiger partial charge in [0.05, 0.1) is 24.1 Å². The summed E-state index contributed by atoms with van der Waals surface area (Å²) < 4.78 is 0. The highest BCUT2D eigenvalue weighted by molar-refractivity contribution is 5.92. The van der Waals surface area contributed by atoms with Gasteiger partial charge in [0.15, 0.2) is 5.82 Å². The van der Waals surface area contributed by atoms with Gasteiger partial charge in [-0.1, -0.05) is 13.8 Å². The molecule has 2 N–H and O–H groups in total. The highest BCUT2D eigenvalue weighted by Gasteiger charge is 2.15. The molecule has 0 radical (unpaired) electrons. The minimum atomic E-state index is -0.0691. The number of carbonyl (C=O) groups excluding carboxylic acids is 1. The second kappa shape index (κ2) is 3.94. The van der Waals surface area contributed by atoms with Crippen molar-refractivity contribution in [2.24, 2.45) is 0 Å². The summed E-state index contributed by atoms with van der Waals surface area (Å²) in [7, 11) is 0. The Balaban J connectivity index is 2.35. The van der Waals surface area contributed by atoms with Gasteiger partial charge in [-0.2, -0.15) is 0 Å². The van der Waals surface area contributed by atoms with E-state index in [1.807, 2.05) is 0 Å². The summed E-state index contributed by atoms with van der Waals surface area (Å²) in [6, 6.07) is 0. The Labute approximate surface area is 88.3 Å². The molecule has 1 aromatic rings. The van der Waals surface area contributed by atoms with Crippen LogP contribution in [0.2, 0.25) is 0 Å². The van der Waals surface area contributed by atoms with Crippen LogP contribution in [-0.2, 0) is 11.3 Å². The quantitative estimate of drug-likeness (QED) is 0.707. The molecule has 1 aliphatic rings. The monoisotopic (exact) mass is 206 g/mol. The number of anilines is 1. The van der Waals surface area contributed by atoms with Crippen LogP contribution in [-0.4, -0.2) is 22.4 Å². The number of aromatic nitrogens is 2. The van der Waals surface area contributed by atoms with Gasteiger partial charge in [0.1, 0.15) is 0 Å². The van der Waals surface area contributed by atoms with Gasteiger partial charge < -0.3 is 10.6 Å². The highest BCUT2D eigenvalue weighted by atomic mass is 16.2. The van der Waals surface area contributed by atoms with Crippen molar-refractivity contribution < 1.29 is 4.79 Å². The zero-order valence-corrected chi connectivity index (χ0v) is 8.87. The summed E-state index contributed by atoms with van der Waals surface area (Å²) in [6.45, 7) is 5.04. The molecular weight excluding hydrogens is 192 g/mol. The van der Waals surface area contributed by atoms with Crippen LogP contribution >= 0.6 is 0 Å². The third kappa shape index (κ3) is 2.12. The van der Waals surface area contributed by atoms with Crippen molar-refractivity contribution in [3.63, 3.8) is 0 Å². The van der Waals surface area contributed by atoms with Gasteiger partial charge in [-0.15, -0.1) is 0 Å². The maximum absolute atomic E-state index is 11.2. The molecular formula is C10H14N4O. The summed E-state index contributed by atoms with van der Waals surface area (Å²) in [5.74, 6) is 0.858. The third-order valence-electron chi connectivity index (χ3n) is 2.29. The fourth-order valence-corrected chi connectivity index (χ4v) is 1.42. The first kappa shape index (κ1) is 10.0. The number of hydrogen-bond donors (Lipinski definition) is 2. The molecule has 1 amide bonds. The van der Waals surface area contributed by atoms with Crippen LogP contribution in [0.1, 0.15) is 31.2 Å². The average Bonchev–Trinajstić information content (AvgIpc) is 2.37. The fraction of sp³-hybridized carbons (Fsp3) is 0.500. The molecule has 1 aliphatic heterocycles. The molecule has 0 saturated carbocycles. The van der Waals surface area contributed by atoms with Gasteiger partial charge in [0.2, 0.25) is 5.91 Å². The SMILES string of the molecule is CC(C)c1cnc2c(n1)CNCC(=O)N2. The Kier molecular flexibility index (Phi) is 2.64. The lowest BCUT2D eigenvalue weighted by Gasteiger charge is -2.08. The standard InChI is InChI=1S/C10H14N4O/c1-6(2)7-4-12-10-8(13-7)3-11-5-9(15)14-10/h4,6,11H,3,5H2,1-2H3,(H,12,14,15). The Bertz CT molecular complexity index is 389. The summed E-state index contributed by atoms with van der Waals surface area (Å²) in [4.78, 5) is 19.9. The van der Waals surface area contributed by atoms with Crippen molar-refractivity contribution in [1.82, 2.24) is 15.3 Å². The molecule has 0 bridgehead atoms. The lowest BCUT2D eigenvalue weighted by atomic mass is 10.1. The normalized spacial score (nSPS) is 15.8. The summed E-state index contributed by atoms with van der Waals surface area (Å²) >= 11 is 0. The Morgan fingerprint density at radius 2 is 2.20 bits per heavy atom. The lowest BCUT2D eigenvalue weighted by molar-refractivity contribution is -0.115. The summed E-state index contributed by atoms with van der Waals surface area (Å²) in [5.41, 5.74) is 1.76. The molecule has 0 aromatic carbocycles. The molecule has 5 nitrogen and oxygen atoms in total. The number of carbonyl (C=O) groups is 1. The Morgan fingerprint density at radius 1 is 1.40 bits per heavy atom. The smallest absolute Gasteiger partial charge is 0.239 e. The Hall–Kier alpha value is -1.49. The second-order valence-electron chi connectivity index (χ2n) is 3.90. The molecule has 0 saturated heterocycles. The lowest BCUT2D eigenvalue weighted by Crippen LogP contribution is -2.23. The van der Waals surface area contributed by atoms with Crippen molar-refractivity contribution in [1.29, 1.82) is 0 Å². The van der Waals surface area contributed by atoms with E-state index >= 15 is 0 Å². The minimum absolute atomic E-state index is 0.0691. The molecule has 0 atom stereocenters. The van der Waals surface area contributed by atoms with E-state index in [9.17, 15) is 4.79 Å². The number of hydrogen-bond acceptors (Lipinski definition) is 4. The number of amides is 1. The molecule has 2 heterocycles. The Morgan fingerprint density at radius 3 is 2.93 bits per heavy atom. The molecule has 1 aromatic heterocycles. The van der Waals surface area contributed by atoms with Crippen LogP contribution in [0, 0.1) is 0 Å². The molecule has 0 fully saturated rings. The second-order valence-corrected chi connectivity index (χ2v) is 3.90. The van der Waals surface area contributed by atoms with E-state index in [0.29, 0.717) is 24.8 Å². The van der Waals surface area contributed by atoms with Crippen LogP contribution in [0.25, 0.3) is 0 Å². The van der Waals surface area contributed by atoms with Crippen LogP contribution in [0.15, 0.2) is 6.20 Å². The summed E-state index contributed by atoms with van der Waals surface area (Å²) in [5, 5.41) is 5.72. The van der Waals surface area contributed by atoms with Crippen molar-refractivity contribution in [2.75, 3.05) is 11.9 Å². The maximum Gasteiger partial charge on any atom is 0.239 e. The van der Waals surface area contributed by atoms with Crippen molar-refractivity contribution in [2.45, 2.75) is 26.3 Å². The predicted octanol–water partition coefficient (Wildman–Crippen LogP) is 0.642. The van der Waals surface area contributed by atoms with Gasteiger partial charge in [-0.25, -0.2) is 4.98 Å². The number of nitrogens with one attached hydrogen (secondary N) is 2. The number of rotatable bonds is 1. The van der Waals surface area contributed by atoms with Crippen molar-refractivity contribution in [3.8, 4) is 0 Å². The first-order valence-electron chi connectivity index (χ1n) is 5.03. The van der Waals surface area contributed by atoms with Gasteiger partial charge in [-0.05, 0) is 5.92 Å². The van der Waals surface area contributed by atoms with E-state index in [2.05, 4.69) is 34.4 Å². The molecule has 80 valence electrons. The maximum atomic E-state index is 11.2. The van der Waals surface area contributed by atoms with Gasteiger partial charge in [0.25, 0.3) is 0 Å².